The van der Waals surface area contributed by atoms with E-state index in [0.29, 0.717) is 15.5 Å². The van der Waals surface area contributed by atoms with Crippen LogP contribution in [0.2, 0.25) is 0 Å². The summed E-state index contributed by atoms with van der Waals surface area (Å²) in [6.45, 7) is 0.318. The van der Waals surface area contributed by atoms with Gasteiger partial charge in [0.05, 0.1) is 8.95 Å². The Kier molecular flexibility index (Phi) is 6.70. The number of phenolic OH excluding ortho intramolecular Hbond substituents is 1. The molecular weight excluding hydrogens is 415 g/mol. The topological polar surface area (TPSA) is 72.3 Å². The van der Waals surface area contributed by atoms with E-state index in [4.69, 9.17) is 11.5 Å². The number of phenols is 1. The zero-order valence-electron chi connectivity index (χ0n) is 7.51. The Bertz CT molecular complexity index is 362. The van der Waals surface area contributed by atoms with Gasteiger partial charge in [0.1, 0.15) is 5.75 Å². The number of aromatic hydroxyl groups is 1. The highest BCUT2D eigenvalue weighted by Crippen LogP contribution is 2.41. The molecule has 0 aliphatic heterocycles. The molecule has 0 bridgehead atoms. The van der Waals surface area contributed by atoms with Gasteiger partial charge in [-0.25, -0.2) is 0 Å². The van der Waals surface area contributed by atoms with Gasteiger partial charge >= 0.3 is 0 Å². The Balaban J connectivity index is 0.00000196. The summed E-state index contributed by atoms with van der Waals surface area (Å²) in [4.78, 5) is 0. The lowest BCUT2D eigenvalue weighted by Gasteiger charge is -2.15. The smallest absolute Gasteiger partial charge is 0.144 e. The van der Waals surface area contributed by atoms with Crippen molar-refractivity contribution < 1.29 is 5.11 Å². The lowest BCUT2D eigenvalue weighted by Crippen LogP contribution is -2.21. The highest BCUT2D eigenvalue weighted by atomic mass is 79.9. The van der Waals surface area contributed by atoms with Crippen molar-refractivity contribution in [2.75, 3.05) is 6.54 Å². The molecule has 0 aliphatic carbocycles. The van der Waals surface area contributed by atoms with Crippen molar-refractivity contribution >= 4 is 60.2 Å². The minimum absolute atomic E-state index is 0. The van der Waals surface area contributed by atoms with Gasteiger partial charge in [-0.05, 0) is 37.9 Å². The molecule has 0 heterocycles. The number of nitrogens with two attached hydrogens (primary N) is 2. The van der Waals surface area contributed by atoms with E-state index in [-0.39, 0.29) is 24.2 Å². The molecule has 0 unspecified atom stereocenters. The first-order valence-electron chi connectivity index (χ1n) is 3.81. The molecule has 0 amide bonds. The van der Waals surface area contributed by atoms with E-state index in [1.165, 1.54) is 0 Å². The molecule has 86 valence electrons. The lowest BCUT2D eigenvalue weighted by atomic mass is 10.1. The molecule has 0 spiro atoms. The van der Waals surface area contributed by atoms with Crippen LogP contribution in [0.1, 0.15) is 11.6 Å². The van der Waals surface area contributed by atoms with Crippen molar-refractivity contribution in [2.24, 2.45) is 11.5 Å². The van der Waals surface area contributed by atoms with Crippen LogP contribution in [-0.2, 0) is 0 Å². The zero-order chi connectivity index (χ0) is 10.9. The number of halogens is 4. The molecule has 3 nitrogen and oxygen atoms in total. The quantitative estimate of drug-likeness (QED) is 0.682. The minimum atomic E-state index is -0.308. The molecule has 0 saturated carbocycles. The van der Waals surface area contributed by atoms with Crippen molar-refractivity contribution in [3.63, 3.8) is 0 Å². The number of hydrogen-bond donors (Lipinski definition) is 3. The largest absolute Gasteiger partial charge is 0.506 e. The molecule has 5 N–H and O–H groups in total. The van der Waals surface area contributed by atoms with Crippen LogP contribution < -0.4 is 11.5 Å². The third-order valence-corrected chi connectivity index (χ3v) is 3.87. The Labute approximate surface area is 119 Å². The maximum Gasteiger partial charge on any atom is 0.144 e. The molecule has 1 aromatic carbocycles. The summed E-state index contributed by atoms with van der Waals surface area (Å²) in [5, 5.41) is 9.65. The predicted octanol–water partition coefficient (Wildman–Crippen LogP) is 3.06. The lowest BCUT2D eigenvalue weighted by molar-refractivity contribution is 0.466. The Hall–Kier alpha value is 0.670. The molecule has 0 fully saturated rings. The number of benzene rings is 1. The Morgan fingerprint density at radius 3 is 2.27 bits per heavy atom. The molecule has 15 heavy (non-hydrogen) atoms. The van der Waals surface area contributed by atoms with Crippen LogP contribution in [0.15, 0.2) is 19.5 Å². The fourth-order valence-electron chi connectivity index (χ4n) is 1.05. The maximum atomic E-state index is 9.65. The van der Waals surface area contributed by atoms with E-state index in [1.54, 1.807) is 6.07 Å². The zero-order valence-corrected chi connectivity index (χ0v) is 13.1. The summed E-state index contributed by atoms with van der Waals surface area (Å²) >= 11 is 9.86. The van der Waals surface area contributed by atoms with E-state index in [0.717, 1.165) is 10.0 Å². The van der Waals surface area contributed by atoms with Crippen LogP contribution in [0.5, 0.6) is 5.75 Å². The summed E-state index contributed by atoms with van der Waals surface area (Å²) in [5.74, 6) is 0.132. The van der Waals surface area contributed by atoms with Gasteiger partial charge in [0.25, 0.3) is 0 Å². The third kappa shape index (κ3) is 3.31. The fraction of sp³-hybridized carbons (Fsp3) is 0.250. The molecule has 0 aromatic heterocycles. The Morgan fingerprint density at radius 1 is 1.27 bits per heavy atom. The van der Waals surface area contributed by atoms with Crippen molar-refractivity contribution in [2.45, 2.75) is 6.04 Å². The van der Waals surface area contributed by atoms with Crippen molar-refractivity contribution in [1.29, 1.82) is 0 Å². The van der Waals surface area contributed by atoms with E-state index in [2.05, 4.69) is 47.8 Å². The van der Waals surface area contributed by atoms with Gasteiger partial charge < -0.3 is 16.6 Å². The van der Waals surface area contributed by atoms with Gasteiger partial charge in [0.2, 0.25) is 0 Å². The number of rotatable bonds is 2. The molecule has 0 radical (unpaired) electrons. The molecular formula is C8H10Br3ClN2O. The fourth-order valence-corrected chi connectivity index (χ4v) is 3.76. The van der Waals surface area contributed by atoms with E-state index < -0.39 is 0 Å². The highest BCUT2D eigenvalue weighted by Gasteiger charge is 2.17. The van der Waals surface area contributed by atoms with Crippen LogP contribution in [0.3, 0.4) is 0 Å². The van der Waals surface area contributed by atoms with E-state index in [9.17, 15) is 5.11 Å². The first-order valence-corrected chi connectivity index (χ1v) is 6.19. The third-order valence-electron chi connectivity index (χ3n) is 1.81. The predicted molar refractivity (Wildman–Crippen MR) is 74.4 cm³/mol. The van der Waals surface area contributed by atoms with Gasteiger partial charge in [-0.1, -0.05) is 15.9 Å². The first-order chi connectivity index (χ1) is 6.49. The van der Waals surface area contributed by atoms with Gasteiger partial charge in [-0.3, -0.25) is 0 Å². The second-order valence-electron chi connectivity index (χ2n) is 2.76. The van der Waals surface area contributed by atoms with Crippen LogP contribution in [0.4, 0.5) is 0 Å². The van der Waals surface area contributed by atoms with Gasteiger partial charge in [-0.2, -0.15) is 0 Å². The van der Waals surface area contributed by atoms with Gasteiger partial charge in [0, 0.05) is 22.6 Å². The maximum absolute atomic E-state index is 9.65. The summed E-state index contributed by atoms with van der Waals surface area (Å²) in [6, 6.07) is 1.43. The SMILES string of the molecule is Cl.NC[C@H](N)c1c(Br)cc(Br)c(O)c1Br. The molecule has 1 rings (SSSR count). The molecule has 1 aromatic rings. The normalized spacial score (nSPS) is 12.1. The summed E-state index contributed by atoms with van der Waals surface area (Å²) in [7, 11) is 0. The van der Waals surface area contributed by atoms with E-state index in [1.807, 2.05) is 0 Å². The standard InChI is InChI=1S/C8H9Br3N2O.ClH/c9-3-1-4(10)8(14)7(11)6(3)5(13)2-12;/h1,5,14H,2,12-13H2;1H/t5-;/m0./s1. The second kappa shape index (κ2) is 6.42. The first kappa shape index (κ1) is 15.7. The molecule has 0 saturated heterocycles. The highest BCUT2D eigenvalue weighted by molar-refractivity contribution is 9.11. The number of hydrogen-bond acceptors (Lipinski definition) is 3. The van der Waals surface area contributed by atoms with Crippen LogP contribution >= 0.6 is 60.2 Å². The summed E-state index contributed by atoms with van der Waals surface area (Å²) in [6.07, 6.45) is 0. The van der Waals surface area contributed by atoms with Crippen molar-refractivity contribution in [3.8, 4) is 5.75 Å². The summed E-state index contributed by atoms with van der Waals surface area (Å²) in [5.41, 5.74) is 12.0. The average Bonchev–Trinajstić information content (AvgIpc) is 2.14. The van der Waals surface area contributed by atoms with Crippen LogP contribution in [0.25, 0.3) is 0 Å². The average molecular weight is 425 g/mol. The van der Waals surface area contributed by atoms with Crippen LogP contribution in [0, 0.1) is 0 Å². The Morgan fingerprint density at radius 2 is 1.80 bits per heavy atom. The molecule has 1 atom stereocenters. The van der Waals surface area contributed by atoms with Crippen LogP contribution in [-0.4, -0.2) is 11.7 Å². The van der Waals surface area contributed by atoms with Crippen molar-refractivity contribution in [3.05, 3.63) is 25.0 Å². The molecule has 0 aliphatic rings. The minimum Gasteiger partial charge on any atom is -0.506 e. The van der Waals surface area contributed by atoms with E-state index >= 15 is 0 Å². The summed E-state index contributed by atoms with van der Waals surface area (Å²) < 4.78 is 1.98. The monoisotopic (exact) mass is 422 g/mol. The van der Waals surface area contributed by atoms with Crippen molar-refractivity contribution in [1.82, 2.24) is 0 Å². The second-order valence-corrected chi connectivity index (χ2v) is 5.26. The van der Waals surface area contributed by atoms with Gasteiger partial charge in [0.15, 0.2) is 0 Å². The van der Waals surface area contributed by atoms with Gasteiger partial charge in [-0.15, -0.1) is 12.4 Å². The molecule has 7 heteroatoms.